The van der Waals surface area contributed by atoms with E-state index in [4.69, 9.17) is 5.26 Å². The van der Waals surface area contributed by atoms with Crippen LogP contribution in [0.4, 0.5) is 0 Å². The Balaban J connectivity index is 2.13. The number of hydrogen-bond donors (Lipinski definition) is 1. The summed E-state index contributed by atoms with van der Waals surface area (Å²) in [6.45, 7) is 4.28. The highest BCUT2D eigenvalue weighted by Crippen LogP contribution is 2.27. The highest BCUT2D eigenvalue weighted by atomic mass is 15.1. The third kappa shape index (κ3) is 2.05. The second kappa shape index (κ2) is 4.08. The van der Waals surface area contributed by atoms with Gasteiger partial charge < -0.3 is 9.88 Å². The van der Waals surface area contributed by atoms with Crippen molar-refractivity contribution in [1.82, 2.24) is 9.88 Å². The Hall–Kier alpha value is -1.27. The van der Waals surface area contributed by atoms with Gasteiger partial charge in [0.15, 0.2) is 0 Å². The first-order chi connectivity index (χ1) is 7.20. The molecule has 3 heteroatoms. The second-order valence-electron chi connectivity index (χ2n) is 4.45. The average molecular weight is 203 g/mol. The molecule has 0 bridgehead atoms. The molecule has 0 amide bonds. The Labute approximate surface area is 90.7 Å². The fourth-order valence-corrected chi connectivity index (χ4v) is 2.24. The van der Waals surface area contributed by atoms with E-state index >= 15 is 0 Å². The monoisotopic (exact) mass is 203 g/mol. The molecule has 1 saturated heterocycles. The van der Waals surface area contributed by atoms with Crippen LogP contribution in [0.1, 0.15) is 35.7 Å². The Bertz CT molecular complexity index is 378. The van der Waals surface area contributed by atoms with Crippen LogP contribution < -0.4 is 0 Å². The van der Waals surface area contributed by atoms with Crippen LogP contribution in [-0.4, -0.2) is 30.0 Å². The molecule has 0 atom stereocenters. The first kappa shape index (κ1) is 10.3. The minimum Gasteiger partial charge on any atom is -0.361 e. The molecule has 1 fully saturated rings. The number of nitrogens with zero attached hydrogens (tertiary/aromatic N) is 2. The molecule has 3 nitrogen and oxygen atoms in total. The Morgan fingerprint density at radius 2 is 2.13 bits per heavy atom. The first-order valence-electron chi connectivity index (χ1n) is 5.49. The lowest BCUT2D eigenvalue weighted by Crippen LogP contribution is -2.29. The van der Waals surface area contributed by atoms with Gasteiger partial charge in [-0.3, -0.25) is 0 Å². The molecule has 1 aromatic heterocycles. The first-order valence-corrected chi connectivity index (χ1v) is 5.49. The summed E-state index contributed by atoms with van der Waals surface area (Å²) in [4.78, 5) is 5.70. The molecule has 0 spiro atoms. The highest BCUT2D eigenvalue weighted by molar-refractivity contribution is 5.37. The fourth-order valence-electron chi connectivity index (χ4n) is 2.24. The minimum absolute atomic E-state index is 0.613. The molecule has 2 heterocycles. The summed E-state index contributed by atoms with van der Waals surface area (Å²) in [7, 11) is 2.16. The van der Waals surface area contributed by atoms with Crippen LogP contribution in [0.3, 0.4) is 0 Å². The number of aromatic amines is 1. The second-order valence-corrected chi connectivity index (χ2v) is 4.45. The number of aromatic nitrogens is 1. The summed E-state index contributed by atoms with van der Waals surface area (Å²) in [6.07, 6.45) is 2.39. The van der Waals surface area contributed by atoms with Crippen molar-refractivity contribution in [1.29, 1.82) is 5.26 Å². The number of hydrogen-bond acceptors (Lipinski definition) is 2. The van der Waals surface area contributed by atoms with Crippen molar-refractivity contribution >= 4 is 0 Å². The number of rotatable bonds is 1. The molecule has 0 aromatic carbocycles. The smallest absolute Gasteiger partial charge is 0.101 e. The van der Waals surface area contributed by atoms with Crippen molar-refractivity contribution in [2.45, 2.75) is 25.7 Å². The summed E-state index contributed by atoms with van der Waals surface area (Å²) in [5.41, 5.74) is 3.05. The van der Waals surface area contributed by atoms with Crippen molar-refractivity contribution in [3.05, 3.63) is 23.0 Å². The normalized spacial score (nSPS) is 19.0. The van der Waals surface area contributed by atoms with Crippen molar-refractivity contribution in [2.75, 3.05) is 20.1 Å². The van der Waals surface area contributed by atoms with Gasteiger partial charge in [0.25, 0.3) is 0 Å². The minimum atomic E-state index is 0.613. The molecular formula is C12H17N3. The zero-order chi connectivity index (χ0) is 10.8. The van der Waals surface area contributed by atoms with Crippen molar-refractivity contribution in [3.63, 3.8) is 0 Å². The van der Waals surface area contributed by atoms with Gasteiger partial charge in [-0.1, -0.05) is 0 Å². The van der Waals surface area contributed by atoms with Gasteiger partial charge in [0, 0.05) is 17.3 Å². The number of likely N-dealkylation sites (tertiary alicyclic amines) is 1. The highest BCUT2D eigenvalue weighted by Gasteiger charge is 2.20. The Morgan fingerprint density at radius 1 is 1.47 bits per heavy atom. The van der Waals surface area contributed by atoms with Gasteiger partial charge in [0.2, 0.25) is 0 Å². The molecule has 1 aliphatic rings. The van der Waals surface area contributed by atoms with Crippen LogP contribution in [0.25, 0.3) is 0 Å². The van der Waals surface area contributed by atoms with Crippen LogP contribution in [0.5, 0.6) is 0 Å². The van der Waals surface area contributed by atoms with Crippen LogP contribution in [0.15, 0.2) is 6.07 Å². The molecule has 0 aliphatic carbocycles. The van der Waals surface area contributed by atoms with E-state index in [0.717, 1.165) is 24.3 Å². The summed E-state index contributed by atoms with van der Waals surface area (Å²) < 4.78 is 0. The van der Waals surface area contributed by atoms with E-state index in [9.17, 15) is 0 Å². The van der Waals surface area contributed by atoms with Gasteiger partial charge >= 0.3 is 0 Å². The summed E-state index contributed by atoms with van der Waals surface area (Å²) in [6, 6.07) is 4.24. The van der Waals surface area contributed by atoms with Gasteiger partial charge in [-0.25, -0.2) is 0 Å². The molecule has 1 aromatic rings. The van der Waals surface area contributed by atoms with Crippen molar-refractivity contribution < 1.29 is 0 Å². The largest absolute Gasteiger partial charge is 0.361 e. The van der Waals surface area contributed by atoms with Crippen molar-refractivity contribution in [3.8, 4) is 6.07 Å². The molecule has 2 rings (SSSR count). The summed E-state index contributed by atoms with van der Waals surface area (Å²) in [5.74, 6) is 0.613. The molecule has 0 unspecified atom stereocenters. The van der Waals surface area contributed by atoms with Crippen LogP contribution in [-0.2, 0) is 0 Å². The number of H-pyrrole nitrogens is 1. The summed E-state index contributed by atoms with van der Waals surface area (Å²) >= 11 is 0. The number of aryl methyl sites for hydroxylation is 1. The predicted octanol–water partition coefficient (Wildman–Crippen LogP) is 2.00. The third-order valence-electron chi connectivity index (χ3n) is 3.31. The molecule has 1 aliphatic heterocycles. The van der Waals surface area contributed by atoms with Gasteiger partial charge in [0.05, 0.1) is 5.56 Å². The lowest BCUT2D eigenvalue weighted by atomic mass is 9.94. The third-order valence-corrected chi connectivity index (χ3v) is 3.31. The van der Waals surface area contributed by atoms with Gasteiger partial charge in [-0.2, -0.15) is 5.26 Å². The molecular weight excluding hydrogens is 186 g/mol. The van der Waals surface area contributed by atoms with Crippen LogP contribution in [0, 0.1) is 18.3 Å². The van der Waals surface area contributed by atoms with E-state index in [2.05, 4.69) is 23.0 Å². The Kier molecular flexibility index (Phi) is 2.79. The molecule has 0 saturated carbocycles. The maximum absolute atomic E-state index is 8.89. The zero-order valence-corrected chi connectivity index (χ0v) is 9.38. The van der Waals surface area contributed by atoms with E-state index in [1.165, 1.54) is 18.5 Å². The number of piperidine rings is 1. The van der Waals surface area contributed by atoms with Gasteiger partial charge in [-0.05, 0) is 46.0 Å². The molecule has 80 valence electrons. The lowest BCUT2D eigenvalue weighted by molar-refractivity contribution is 0.253. The van der Waals surface area contributed by atoms with Gasteiger partial charge in [0.1, 0.15) is 6.07 Å². The van der Waals surface area contributed by atoms with Crippen LogP contribution in [0.2, 0.25) is 0 Å². The van der Waals surface area contributed by atoms with E-state index in [0.29, 0.717) is 5.92 Å². The van der Waals surface area contributed by atoms with Gasteiger partial charge in [-0.15, -0.1) is 0 Å². The van der Waals surface area contributed by atoms with Crippen LogP contribution >= 0.6 is 0 Å². The fraction of sp³-hybridized carbons (Fsp3) is 0.583. The quantitative estimate of drug-likeness (QED) is 0.758. The number of nitrogens with one attached hydrogen (secondary N) is 1. The maximum Gasteiger partial charge on any atom is 0.101 e. The number of nitriles is 1. The summed E-state index contributed by atoms with van der Waals surface area (Å²) in [5, 5.41) is 8.89. The standard InChI is InChI=1S/C12H17N3/c1-9-11(8-13)7-12(14-9)10-3-5-15(2)6-4-10/h7,10,14H,3-6H2,1-2H3. The van der Waals surface area contributed by atoms with Crippen molar-refractivity contribution in [2.24, 2.45) is 0 Å². The SMILES string of the molecule is Cc1[nH]c(C2CCN(C)CC2)cc1C#N. The van der Waals surface area contributed by atoms with E-state index in [1.807, 2.05) is 13.0 Å². The molecule has 1 N–H and O–H groups in total. The average Bonchev–Trinajstić information content (AvgIpc) is 2.61. The maximum atomic E-state index is 8.89. The predicted molar refractivity (Wildman–Crippen MR) is 59.7 cm³/mol. The van der Waals surface area contributed by atoms with E-state index in [-0.39, 0.29) is 0 Å². The molecule has 0 radical (unpaired) electrons. The van der Waals surface area contributed by atoms with E-state index < -0.39 is 0 Å². The lowest BCUT2D eigenvalue weighted by Gasteiger charge is -2.28. The Morgan fingerprint density at radius 3 is 2.67 bits per heavy atom. The zero-order valence-electron chi connectivity index (χ0n) is 9.38. The van der Waals surface area contributed by atoms with E-state index in [1.54, 1.807) is 0 Å². The topological polar surface area (TPSA) is 42.8 Å². The molecule has 15 heavy (non-hydrogen) atoms.